The zero-order valence-electron chi connectivity index (χ0n) is 20.6. The highest BCUT2D eigenvalue weighted by atomic mass is 32.2. The molecule has 2 saturated heterocycles. The predicted octanol–water partition coefficient (Wildman–Crippen LogP) is 2.84. The van der Waals surface area contributed by atoms with Crippen molar-refractivity contribution in [3.63, 3.8) is 0 Å². The molecule has 2 aromatic rings. The van der Waals surface area contributed by atoms with Crippen molar-refractivity contribution in [3.8, 4) is 17.5 Å². The Bertz CT molecular complexity index is 1310. The maximum absolute atomic E-state index is 13.6. The molecule has 0 aliphatic carbocycles. The third-order valence-corrected chi connectivity index (χ3v) is 8.70. The summed E-state index contributed by atoms with van der Waals surface area (Å²) >= 11 is 0. The van der Waals surface area contributed by atoms with Gasteiger partial charge in [-0.3, -0.25) is 4.79 Å². The lowest BCUT2D eigenvalue weighted by molar-refractivity contribution is -0.139. The number of ether oxygens (including phenoxy) is 3. The molecule has 5 rings (SSSR count). The second-order valence-corrected chi connectivity index (χ2v) is 11.8. The number of hydrogen-bond acceptors (Lipinski definition) is 9. The van der Waals surface area contributed by atoms with Gasteiger partial charge in [0.1, 0.15) is 28.1 Å². The monoisotopic (exact) mass is 556 g/mol. The van der Waals surface area contributed by atoms with Gasteiger partial charge in [0.05, 0.1) is 55.5 Å². The number of fused-ring (bicyclic) bond motifs is 1. The molecule has 10 nitrogen and oxygen atoms in total. The van der Waals surface area contributed by atoms with Gasteiger partial charge in [-0.1, -0.05) is 0 Å². The zero-order valence-corrected chi connectivity index (χ0v) is 21.4. The van der Waals surface area contributed by atoms with Gasteiger partial charge in [-0.15, -0.1) is 0 Å². The topological polar surface area (TPSA) is 111 Å². The van der Waals surface area contributed by atoms with Gasteiger partial charge >= 0.3 is 6.18 Å². The Morgan fingerprint density at radius 1 is 1.11 bits per heavy atom. The van der Waals surface area contributed by atoms with Crippen molar-refractivity contribution < 1.29 is 40.6 Å². The molecule has 0 N–H and O–H groups in total. The number of aromatic nitrogens is 2. The lowest BCUT2D eigenvalue weighted by Crippen LogP contribution is -2.39. The molecule has 1 amide bonds. The number of sulfone groups is 1. The Hall–Kier alpha value is -3.29. The summed E-state index contributed by atoms with van der Waals surface area (Å²) in [7, 11) is -1.92. The maximum Gasteiger partial charge on any atom is 0.421 e. The number of amides is 1. The molecule has 5 heterocycles. The highest BCUT2D eigenvalue weighted by Gasteiger charge is 2.37. The van der Waals surface area contributed by atoms with Crippen molar-refractivity contribution in [2.45, 2.75) is 31.5 Å². The number of pyridine rings is 2. The Labute approximate surface area is 217 Å². The first kappa shape index (κ1) is 26.3. The summed E-state index contributed by atoms with van der Waals surface area (Å²) in [6, 6.07) is 2.58. The highest BCUT2D eigenvalue weighted by Crippen LogP contribution is 2.42. The lowest BCUT2D eigenvalue weighted by atomic mass is 10.0. The minimum atomic E-state index is -4.65. The van der Waals surface area contributed by atoms with Gasteiger partial charge in [-0.2, -0.15) is 13.2 Å². The minimum absolute atomic E-state index is 0.0307. The molecule has 0 radical (unpaired) electrons. The fourth-order valence-corrected chi connectivity index (χ4v) is 6.47. The summed E-state index contributed by atoms with van der Waals surface area (Å²) in [6.45, 7) is 1.36. The second kappa shape index (κ2) is 10.1. The molecule has 3 aliphatic rings. The number of anilines is 2. The van der Waals surface area contributed by atoms with E-state index in [9.17, 15) is 26.4 Å². The van der Waals surface area contributed by atoms with Crippen molar-refractivity contribution in [1.29, 1.82) is 0 Å². The van der Waals surface area contributed by atoms with Crippen molar-refractivity contribution in [2.24, 2.45) is 5.92 Å². The van der Waals surface area contributed by atoms with Crippen molar-refractivity contribution in [2.75, 3.05) is 49.8 Å². The third kappa shape index (κ3) is 5.45. The number of methoxy groups -OCH3 is 1. The van der Waals surface area contributed by atoms with Gasteiger partial charge in [0.15, 0.2) is 5.75 Å². The number of carbonyl (C=O) groups excluding carboxylic acids is 1. The first-order chi connectivity index (χ1) is 18.0. The van der Waals surface area contributed by atoms with Crippen molar-refractivity contribution in [1.82, 2.24) is 14.9 Å². The first-order valence-electron chi connectivity index (χ1n) is 12.2. The van der Waals surface area contributed by atoms with Crippen LogP contribution in [0.3, 0.4) is 0 Å². The molecule has 1 atom stereocenters. The SMILES string of the molecule is COc1ncc(N2CCOc3cnc(OC4CCN(C(=O)C5CCS(=O)(=O)CC5)C4)cc32)cc1C(F)(F)F. The smallest absolute Gasteiger partial charge is 0.421 e. The second-order valence-electron chi connectivity index (χ2n) is 9.48. The minimum Gasteiger partial charge on any atom is -0.488 e. The van der Waals surface area contributed by atoms with Crippen LogP contribution in [-0.4, -0.2) is 80.2 Å². The molecular weight excluding hydrogens is 529 g/mol. The highest BCUT2D eigenvalue weighted by molar-refractivity contribution is 7.91. The molecular formula is C24H27F3N4O6S. The summed E-state index contributed by atoms with van der Waals surface area (Å²) in [5.41, 5.74) is -0.287. The Kier molecular flexibility index (Phi) is 7.01. The third-order valence-electron chi connectivity index (χ3n) is 6.98. The van der Waals surface area contributed by atoms with E-state index in [1.54, 1.807) is 15.9 Å². The van der Waals surface area contributed by atoms with Gasteiger partial charge in [-0.25, -0.2) is 18.4 Å². The lowest BCUT2D eigenvalue weighted by Gasteiger charge is -2.31. The first-order valence-corrected chi connectivity index (χ1v) is 14.0. The molecule has 0 spiro atoms. The number of nitrogens with zero attached hydrogens (tertiary/aromatic N) is 4. The molecule has 2 aromatic heterocycles. The molecule has 0 bridgehead atoms. The zero-order chi connectivity index (χ0) is 27.1. The van der Waals surface area contributed by atoms with Crippen LogP contribution in [0.5, 0.6) is 17.5 Å². The Morgan fingerprint density at radius 2 is 1.87 bits per heavy atom. The van der Waals surface area contributed by atoms with E-state index in [4.69, 9.17) is 14.2 Å². The standard InChI is InChI=1S/C24H27F3N4O6S/c1-35-22-18(24(25,26)27)10-16(12-29-22)31-6-7-36-20-13-28-21(11-19(20)31)37-17-2-5-30(14-17)23(32)15-3-8-38(33,34)9-4-15/h10-13,15,17H,2-9,14H2,1H3. The molecule has 2 fully saturated rings. The number of alkyl halides is 3. The molecule has 14 heteroatoms. The van der Waals surface area contributed by atoms with Crippen LogP contribution in [0.4, 0.5) is 24.5 Å². The summed E-state index contributed by atoms with van der Waals surface area (Å²) in [6.07, 6.45) is -0.960. The molecule has 1 unspecified atom stereocenters. The van der Waals surface area contributed by atoms with Crippen LogP contribution in [-0.2, 0) is 20.8 Å². The normalized spacial score (nSPS) is 21.5. The summed E-state index contributed by atoms with van der Waals surface area (Å²) < 4.78 is 80.5. The van der Waals surface area contributed by atoms with Gasteiger partial charge in [0.25, 0.3) is 0 Å². The van der Waals surface area contributed by atoms with Crippen molar-refractivity contribution >= 4 is 27.1 Å². The van der Waals surface area contributed by atoms with Crippen LogP contribution in [0.2, 0.25) is 0 Å². The Morgan fingerprint density at radius 3 is 2.58 bits per heavy atom. The predicted molar refractivity (Wildman–Crippen MR) is 130 cm³/mol. The summed E-state index contributed by atoms with van der Waals surface area (Å²) in [5, 5.41) is 0. The van der Waals surface area contributed by atoms with Gasteiger partial charge in [-0.05, 0) is 18.9 Å². The number of rotatable bonds is 5. The van der Waals surface area contributed by atoms with E-state index in [1.807, 2.05) is 0 Å². The number of hydrogen-bond donors (Lipinski definition) is 0. The van der Waals surface area contributed by atoms with Crippen LogP contribution < -0.4 is 19.1 Å². The van der Waals surface area contributed by atoms with Gasteiger partial charge in [0, 0.05) is 24.9 Å². The largest absolute Gasteiger partial charge is 0.488 e. The fourth-order valence-electron chi connectivity index (χ4n) is 4.98. The quantitative estimate of drug-likeness (QED) is 0.549. The summed E-state index contributed by atoms with van der Waals surface area (Å²) in [5.74, 6) is -0.167. The fraction of sp³-hybridized carbons (Fsp3) is 0.542. The van der Waals surface area contributed by atoms with E-state index >= 15 is 0 Å². The van der Waals surface area contributed by atoms with E-state index in [0.29, 0.717) is 43.8 Å². The molecule has 3 aliphatic heterocycles. The molecule has 38 heavy (non-hydrogen) atoms. The van der Waals surface area contributed by atoms with Crippen LogP contribution in [0.15, 0.2) is 24.5 Å². The number of carbonyl (C=O) groups is 1. The van der Waals surface area contributed by atoms with E-state index in [-0.39, 0.29) is 54.2 Å². The average molecular weight is 557 g/mol. The summed E-state index contributed by atoms with van der Waals surface area (Å²) in [4.78, 5) is 24.4. The Balaban J connectivity index is 1.30. The van der Waals surface area contributed by atoms with Crippen molar-refractivity contribution in [3.05, 3.63) is 30.1 Å². The van der Waals surface area contributed by atoms with Crippen LogP contribution in [0, 0.1) is 5.92 Å². The van der Waals surface area contributed by atoms with E-state index in [1.165, 1.54) is 12.4 Å². The molecule has 0 saturated carbocycles. The van der Waals surface area contributed by atoms with E-state index in [2.05, 4.69) is 9.97 Å². The maximum atomic E-state index is 13.6. The number of likely N-dealkylation sites (tertiary alicyclic amines) is 1. The van der Waals surface area contributed by atoms with Crippen LogP contribution in [0.25, 0.3) is 0 Å². The molecule has 0 aromatic carbocycles. The average Bonchev–Trinajstić information content (AvgIpc) is 3.35. The van der Waals surface area contributed by atoms with Gasteiger partial charge < -0.3 is 24.0 Å². The molecule has 206 valence electrons. The van der Waals surface area contributed by atoms with Gasteiger partial charge in [0.2, 0.25) is 17.7 Å². The van der Waals surface area contributed by atoms with Crippen LogP contribution >= 0.6 is 0 Å². The van der Waals surface area contributed by atoms with E-state index in [0.717, 1.165) is 13.2 Å². The van der Waals surface area contributed by atoms with E-state index < -0.39 is 27.5 Å². The number of halogens is 3. The van der Waals surface area contributed by atoms with Crippen LogP contribution in [0.1, 0.15) is 24.8 Å².